The number of ether oxygens (including phenoxy) is 1. The number of hydrogen-bond acceptors (Lipinski definition) is 3. The summed E-state index contributed by atoms with van der Waals surface area (Å²) in [5.74, 6) is -2.27. The number of rotatable bonds is 6. The molecule has 0 spiro atoms. The molecule has 0 fully saturated rings. The molecule has 3 aromatic carbocycles. The minimum atomic E-state index is -1.08. The van der Waals surface area contributed by atoms with Crippen molar-refractivity contribution in [2.75, 3.05) is 11.9 Å². The standard InChI is InChI=1S/C21H16F2N2O3/c22-17-11-10-14(12-18(17)23)25-20(26)13-24-21(27)16-8-4-5-9-19(16)28-15-6-2-1-3-7-15/h1-12H,13H2,(H,24,27)(H,25,26). The van der Waals surface area contributed by atoms with Crippen molar-refractivity contribution in [1.82, 2.24) is 5.32 Å². The Bertz CT molecular complexity index is 994. The summed E-state index contributed by atoms with van der Waals surface area (Å²) >= 11 is 0. The Kier molecular flexibility index (Phi) is 5.96. The Morgan fingerprint density at radius 3 is 2.32 bits per heavy atom. The molecule has 0 radical (unpaired) electrons. The summed E-state index contributed by atoms with van der Waals surface area (Å²) < 4.78 is 31.8. The highest BCUT2D eigenvalue weighted by Gasteiger charge is 2.14. The Balaban J connectivity index is 1.61. The van der Waals surface area contributed by atoms with Crippen molar-refractivity contribution in [2.24, 2.45) is 0 Å². The van der Waals surface area contributed by atoms with Crippen LogP contribution >= 0.6 is 0 Å². The van der Waals surface area contributed by atoms with Crippen LogP contribution in [-0.4, -0.2) is 18.4 Å². The summed E-state index contributed by atoms with van der Waals surface area (Å²) in [5.41, 5.74) is 0.345. The third-order valence-electron chi connectivity index (χ3n) is 3.72. The first kappa shape index (κ1) is 19.0. The van der Waals surface area contributed by atoms with Crippen LogP contribution in [0.1, 0.15) is 10.4 Å². The van der Waals surface area contributed by atoms with Gasteiger partial charge >= 0.3 is 0 Å². The van der Waals surface area contributed by atoms with Crippen molar-refractivity contribution >= 4 is 17.5 Å². The lowest BCUT2D eigenvalue weighted by Gasteiger charge is -2.11. The number of para-hydroxylation sites is 2. The molecule has 0 aliphatic carbocycles. The van der Waals surface area contributed by atoms with Crippen LogP contribution in [0.25, 0.3) is 0 Å². The lowest BCUT2D eigenvalue weighted by Crippen LogP contribution is -2.33. The van der Waals surface area contributed by atoms with E-state index in [4.69, 9.17) is 4.74 Å². The summed E-state index contributed by atoms with van der Waals surface area (Å²) in [6.07, 6.45) is 0. The maximum Gasteiger partial charge on any atom is 0.255 e. The number of hydrogen-bond donors (Lipinski definition) is 2. The highest BCUT2D eigenvalue weighted by molar-refractivity contribution is 6.00. The molecule has 28 heavy (non-hydrogen) atoms. The monoisotopic (exact) mass is 382 g/mol. The molecule has 0 saturated carbocycles. The van der Waals surface area contributed by atoms with Crippen molar-refractivity contribution < 1.29 is 23.1 Å². The van der Waals surface area contributed by atoms with Crippen LogP contribution in [-0.2, 0) is 4.79 Å². The fraction of sp³-hybridized carbons (Fsp3) is 0.0476. The number of carbonyl (C=O) groups is 2. The van der Waals surface area contributed by atoms with E-state index < -0.39 is 23.4 Å². The Morgan fingerprint density at radius 1 is 0.857 bits per heavy atom. The molecule has 0 bridgehead atoms. The second-order valence-electron chi connectivity index (χ2n) is 5.77. The summed E-state index contributed by atoms with van der Waals surface area (Å²) in [6, 6.07) is 18.6. The lowest BCUT2D eigenvalue weighted by molar-refractivity contribution is -0.115. The second kappa shape index (κ2) is 8.77. The van der Waals surface area contributed by atoms with Crippen LogP contribution in [0.5, 0.6) is 11.5 Å². The molecular formula is C21H16F2N2O3. The molecule has 7 heteroatoms. The molecule has 3 aromatic rings. The van der Waals surface area contributed by atoms with Gasteiger partial charge < -0.3 is 15.4 Å². The van der Waals surface area contributed by atoms with Crippen LogP contribution < -0.4 is 15.4 Å². The summed E-state index contributed by atoms with van der Waals surface area (Å²) in [4.78, 5) is 24.4. The molecule has 0 aliphatic rings. The van der Waals surface area contributed by atoms with Crippen molar-refractivity contribution in [1.29, 1.82) is 0 Å². The van der Waals surface area contributed by atoms with E-state index in [0.717, 1.165) is 12.1 Å². The van der Waals surface area contributed by atoms with Gasteiger partial charge in [0.25, 0.3) is 5.91 Å². The Hall–Kier alpha value is -3.74. The molecule has 0 aromatic heterocycles. The number of amides is 2. The van der Waals surface area contributed by atoms with Crippen LogP contribution in [0.3, 0.4) is 0 Å². The van der Waals surface area contributed by atoms with Gasteiger partial charge in [-0.3, -0.25) is 9.59 Å². The van der Waals surface area contributed by atoms with E-state index in [9.17, 15) is 18.4 Å². The molecule has 5 nitrogen and oxygen atoms in total. The Labute approximate surface area is 160 Å². The number of carbonyl (C=O) groups excluding carboxylic acids is 2. The maximum absolute atomic E-state index is 13.2. The van der Waals surface area contributed by atoms with Crippen molar-refractivity contribution in [2.45, 2.75) is 0 Å². The van der Waals surface area contributed by atoms with Crippen molar-refractivity contribution in [3.05, 3.63) is 90.0 Å². The van der Waals surface area contributed by atoms with Crippen LogP contribution in [0.2, 0.25) is 0 Å². The van der Waals surface area contributed by atoms with Crippen LogP contribution in [0.4, 0.5) is 14.5 Å². The SMILES string of the molecule is O=C(CNC(=O)c1ccccc1Oc1ccccc1)Nc1ccc(F)c(F)c1. The first-order valence-corrected chi connectivity index (χ1v) is 8.38. The first-order chi connectivity index (χ1) is 13.5. The number of anilines is 1. The third kappa shape index (κ3) is 4.91. The average Bonchev–Trinajstić information content (AvgIpc) is 2.70. The van der Waals surface area contributed by atoms with Gasteiger partial charge in [0.05, 0.1) is 12.1 Å². The first-order valence-electron chi connectivity index (χ1n) is 8.38. The zero-order chi connectivity index (χ0) is 19.9. The van der Waals surface area contributed by atoms with Crippen molar-refractivity contribution in [3.8, 4) is 11.5 Å². The van der Waals surface area contributed by atoms with E-state index in [0.29, 0.717) is 11.5 Å². The molecule has 3 rings (SSSR count). The predicted octanol–water partition coefficient (Wildman–Crippen LogP) is 4.13. The molecule has 2 amide bonds. The minimum Gasteiger partial charge on any atom is -0.457 e. The fourth-order valence-electron chi connectivity index (χ4n) is 2.39. The molecule has 0 heterocycles. The number of nitrogens with one attached hydrogen (secondary N) is 2. The van der Waals surface area contributed by atoms with Gasteiger partial charge in [-0.1, -0.05) is 30.3 Å². The van der Waals surface area contributed by atoms with Gasteiger partial charge in [0, 0.05) is 11.8 Å². The number of halogens is 2. The lowest BCUT2D eigenvalue weighted by atomic mass is 10.2. The molecule has 0 saturated heterocycles. The smallest absolute Gasteiger partial charge is 0.255 e. The topological polar surface area (TPSA) is 67.4 Å². The second-order valence-corrected chi connectivity index (χ2v) is 5.77. The van der Waals surface area contributed by atoms with E-state index in [1.807, 2.05) is 6.07 Å². The van der Waals surface area contributed by atoms with E-state index >= 15 is 0 Å². The van der Waals surface area contributed by atoms with E-state index in [-0.39, 0.29) is 17.8 Å². The summed E-state index contributed by atoms with van der Waals surface area (Å²) in [7, 11) is 0. The zero-order valence-electron chi connectivity index (χ0n) is 14.6. The number of benzene rings is 3. The van der Waals surface area contributed by atoms with E-state index in [1.165, 1.54) is 6.07 Å². The van der Waals surface area contributed by atoms with Gasteiger partial charge in [-0.2, -0.15) is 0 Å². The molecule has 0 aliphatic heterocycles. The van der Waals surface area contributed by atoms with Gasteiger partial charge in [0.2, 0.25) is 5.91 Å². The van der Waals surface area contributed by atoms with Gasteiger partial charge in [-0.15, -0.1) is 0 Å². The quantitative estimate of drug-likeness (QED) is 0.674. The highest BCUT2D eigenvalue weighted by Crippen LogP contribution is 2.24. The molecular weight excluding hydrogens is 366 g/mol. The fourth-order valence-corrected chi connectivity index (χ4v) is 2.39. The largest absolute Gasteiger partial charge is 0.457 e. The maximum atomic E-state index is 13.2. The molecule has 2 N–H and O–H groups in total. The molecule has 142 valence electrons. The van der Waals surface area contributed by atoms with Crippen LogP contribution in [0.15, 0.2) is 72.8 Å². The van der Waals surface area contributed by atoms with Crippen LogP contribution in [0, 0.1) is 11.6 Å². The van der Waals surface area contributed by atoms with E-state index in [1.54, 1.807) is 48.5 Å². The van der Waals surface area contributed by atoms with Gasteiger partial charge in [-0.05, 0) is 36.4 Å². The van der Waals surface area contributed by atoms with Gasteiger partial charge in [-0.25, -0.2) is 8.78 Å². The van der Waals surface area contributed by atoms with Crippen molar-refractivity contribution in [3.63, 3.8) is 0 Å². The highest BCUT2D eigenvalue weighted by atomic mass is 19.2. The Morgan fingerprint density at radius 2 is 1.57 bits per heavy atom. The minimum absolute atomic E-state index is 0.0889. The average molecular weight is 382 g/mol. The summed E-state index contributed by atoms with van der Waals surface area (Å²) in [6.45, 7) is -0.350. The normalized spacial score (nSPS) is 10.2. The molecule has 0 atom stereocenters. The third-order valence-corrected chi connectivity index (χ3v) is 3.72. The van der Waals surface area contributed by atoms with Gasteiger partial charge in [0.15, 0.2) is 11.6 Å². The predicted molar refractivity (Wildman–Crippen MR) is 100 cm³/mol. The van der Waals surface area contributed by atoms with Gasteiger partial charge in [0.1, 0.15) is 11.5 Å². The summed E-state index contributed by atoms with van der Waals surface area (Å²) in [5, 5.41) is 4.85. The van der Waals surface area contributed by atoms with E-state index in [2.05, 4.69) is 10.6 Å². The molecule has 0 unspecified atom stereocenters. The zero-order valence-corrected chi connectivity index (χ0v) is 14.6.